The van der Waals surface area contributed by atoms with Gasteiger partial charge in [-0.25, -0.2) is 23.7 Å². The van der Waals surface area contributed by atoms with Crippen LogP contribution in [-0.4, -0.2) is 74.4 Å². The van der Waals surface area contributed by atoms with E-state index in [-0.39, 0.29) is 12.1 Å². The largest absolute Gasteiger partial charge is 0.467 e. The van der Waals surface area contributed by atoms with Gasteiger partial charge in [-0.15, -0.1) is 0 Å². The van der Waals surface area contributed by atoms with Gasteiger partial charge in [0.05, 0.1) is 23.9 Å². The van der Waals surface area contributed by atoms with Crippen LogP contribution in [0.25, 0.3) is 17.0 Å². The number of hydrogen-bond acceptors (Lipinski definition) is 9. The van der Waals surface area contributed by atoms with Crippen LogP contribution in [0.5, 0.6) is 0 Å². The van der Waals surface area contributed by atoms with Crippen LogP contribution in [0.3, 0.4) is 0 Å². The molecular formula is C32H46N2O9. The second kappa shape index (κ2) is 12.8. The Hall–Kier alpha value is -3.86. The Labute approximate surface area is 253 Å². The fourth-order valence-electron chi connectivity index (χ4n) is 4.06. The van der Waals surface area contributed by atoms with Crippen molar-refractivity contribution in [2.75, 3.05) is 7.11 Å². The number of rotatable bonds is 6. The van der Waals surface area contributed by atoms with E-state index < -0.39 is 52.7 Å². The summed E-state index contributed by atoms with van der Waals surface area (Å²) in [6, 6.07) is 5.38. The number of ether oxygens (including phenoxy) is 4. The first-order valence-electron chi connectivity index (χ1n) is 14.0. The van der Waals surface area contributed by atoms with Gasteiger partial charge in [0.2, 0.25) is 0 Å². The zero-order valence-corrected chi connectivity index (χ0v) is 27.4. The number of imide groups is 1. The van der Waals surface area contributed by atoms with E-state index in [1.807, 2.05) is 0 Å². The molecule has 1 aromatic carbocycles. The van der Waals surface area contributed by atoms with Crippen molar-refractivity contribution >= 4 is 41.2 Å². The molecule has 11 heteroatoms. The maximum atomic E-state index is 13.6. The molecule has 0 radical (unpaired) electrons. The van der Waals surface area contributed by atoms with Crippen molar-refractivity contribution in [3.05, 3.63) is 41.6 Å². The molecule has 2 aromatic rings. The molecule has 0 aliphatic heterocycles. The molecule has 1 atom stereocenters. The first-order valence-corrected chi connectivity index (χ1v) is 14.0. The molecule has 0 aliphatic carbocycles. The molecule has 0 saturated carbocycles. The fourth-order valence-corrected chi connectivity index (χ4v) is 4.06. The number of amides is 2. The standard InChI is InChI=1S/C32H46N2O9/c1-29(2,3)41-26(36)33-22-16-14-13-15-20(22)21(23(33)17-18-32(10,11)39)19-24(25(35)40-12)34(27(37)42-30(4,5)6)28(38)43-31(7,8)9/h13-18,24,39H,19H2,1-12H3/b18-17+/t24-/m0/s1. The van der Waals surface area contributed by atoms with Crippen LogP contribution < -0.4 is 0 Å². The summed E-state index contributed by atoms with van der Waals surface area (Å²) in [5, 5.41) is 11.0. The quantitative estimate of drug-likeness (QED) is 0.292. The number of nitrogens with zero attached hydrogens (tertiary/aromatic N) is 2. The molecule has 0 aliphatic rings. The van der Waals surface area contributed by atoms with Gasteiger partial charge in [0.15, 0.2) is 0 Å². The number of hydrogen-bond donors (Lipinski definition) is 1. The van der Waals surface area contributed by atoms with E-state index in [9.17, 15) is 24.3 Å². The van der Waals surface area contributed by atoms with Gasteiger partial charge in [-0.1, -0.05) is 24.3 Å². The smallest absolute Gasteiger partial charge is 0.420 e. The average Bonchev–Trinajstić information content (AvgIpc) is 3.11. The SMILES string of the molecule is COC(=O)[C@H](Cc1c(/C=C/C(C)(C)O)n(C(=O)OC(C)(C)C)c2ccccc12)N(C(=O)OC(C)(C)C)C(=O)OC(C)(C)C. The molecule has 11 nitrogen and oxygen atoms in total. The predicted molar refractivity (Wildman–Crippen MR) is 163 cm³/mol. The normalized spacial score (nSPS) is 13.5. The fraction of sp³-hybridized carbons (Fsp3) is 0.562. The number of aliphatic hydroxyl groups is 1. The molecule has 1 heterocycles. The Morgan fingerprint density at radius 1 is 0.837 bits per heavy atom. The lowest BCUT2D eigenvalue weighted by Gasteiger charge is -2.32. The van der Waals surface area contributed by atoms with E-state index >= 15 is 0 Å². The number of aromatic nitrogens is 1. The zero-order chi connectivity index (χ0) is 33.1. The lowest BCUT2D eigenvalue weighted by Crippen LogP contribution is -2.53. The van der Waals surface area contributed by atoms with Crippen LogP contribution in [0.2, 0.25) is 0 Å². The van der Waals surface area contributed by atoms with Crippen LogP contribution in [0.15, 0.2) is 30.3 Å². The average molecular weight is 603 g/mol. The highest BCUT2D eigenvalue weighted by molar-refractivity contribution is 5.98. The van der Waals surface area contributed by atoms with E-state index in [2.05, 4.69) is 0 Å². The second-order valence-corrected chi connectivity index (χ2v) is 13.8. The number of fused-ring (bicyclic) bond motifs is 1. The van der Waals surface area contributed by atoms with Gasteiger partial charge in [0, 0.05) is 11.8 Å². The Morgan fingerprint density at radius 3 is 1.77 bits per heavy atom. The van der Waals surface area contributed by atoms with Gasteiger partial charge >= 0.3 is 24.2 Å². The van der Waals surface area contributed by atoms with Crippen molar-refractivity contribution in [2.45, 2.75) is 111 Å². The number of methoxy groups -OCH3 is 1. The van der Waals surface area contributed by atoms with Crippen LogP contribution in [0.4, 0.5) is 14.4 Å². The summed E-state index contributed by atoms with van der Waals surface area (Å²) in [7, 11) is 1.14. The summed E-state index contributed by atoms with van der Waals surface area (Å²) in [6.07, 6.45) is -0.177. The van der Waals surface area contributed by atoms with E-state index in [4.69, 9.17) is 18.9 Å². The van der Waals surface area contributed by atoms with Gasteiger partial charge in [-0.2, -0.15) is 4.90 Å². The summed E-state index contributed by atoms with van der Waals surface area (Å²) in [4.78, 5) is 54.5. The lowest BCUT2D eigenvalue weighted by molar-refractivity contribution is -0.146. The third-order valence-electron chi connectivity index (χ3n) is 5.61. The summed E-state index contributed by atoms with van der Waals surface area (Å²) >= 11 is 0. The minimum absolute atomic E-state index is 0.278. The molecule has 1 aromatic heterocycles. The van der Waals surface area contributed by atoms with Gasteiger partial charge in [-0.05, 0) is 93.9 Å². The number of carbonyl (C=O) groups excluding carboxylic acids is 4. The molecule has 0 bridgehead atoms. The van der Waals surface area contributed by atoms with Crippen LogP contribution in [-0.2, 0) is 30.2 Å². The predicted octanol–water partition coefficient (Wildman–Crippen LogP) is 6.46. The molecule has 2 amide bonds. The molecule has 2 rings (SSSR count). The van der Waals surface area contributed by atoms with Crippen molar-refractivity contribution < 1.29 is 43.2 Å². The van der Waals surface area contributed by atoms with Gasteiger partial charge < -0.3 is 24.1 Å². The van der Waals surface area contributed by atoms with Crippen molar-refractivity contribution in [3.8, 4) is 0 Å². The maximum absolute atomic E-state index is 13.6. The number of esters is 1. The number of para-hydroxylation sites is 1. The van der Waals surface area contributed by atoms with E-state index in [0.29, 0.717) is 21.4 Å². The van der Waals surface area contributed by atoms with E-state index in [0.717, 1.165) is 7.11 Å². The van der Waals surface area contributed by atoms with Crippen LogP contribution >= 0.6 is 0 Å². The molecule has 0 unspecified atom stereocenters. The van der Waals surface area contributed by atoms with Gasteiger partial charge in [0.1, 0.15) is 22.8 Å². The Balaban J connectivity index is 2.91. The Bertz CT molecular complexity index is 1350. The number of benzene rings is 1. The molecule has 238 valence electrons. The van der Waals surface area contributed by atoms with Crippen molar-refractivity contribution in [2.24, 2.45) is 0 Å². The summed E-state index contributed by atoms with van der Waals surface area (Å²) in [5.41, 5.74) is -2.98. The van der Waals surface area contributed by atoms with Crippen molar-refractivity contribution in [1.29, 1.82) is 0 Å². The Kier molecular flexibility index (Phi) is 10.5. The first kappa shape index (κ1) is 35.3. The Morgan fingerprint density at radius 2 is 1.33 bits per heavy atom. The first-order chi connectivity index (χ1) is 19.4. The van der Waals surface area contributed by atoms with E-state index in [1.165, 1.54) is 10.6 Å². The monoisotopic (exact) mass is 602 g/mol. The zero-order valence-electron chi connectivity index (χ0n) is 27.4. The minimum Gasteiger partial charge on any atom is -0.467 e. The maximum Gasteiger partial charge on any atom is 0.420 e. The van der Waals surface area contributed by atoms with E-state index in [1.54, 1.807) is 107 Å². The van der Waals surface area contributed by atoms with Crippen LogP contribution in [0, 0.1) is 0 Å². The molecule has 0 fully saturated rings. The highest BCUT2D eigenvalue weighted by Crippen LogP contribution is 2.32. The topological polar surface area (TPSA) is 134 Å². The van der Waals surface area contributed by atoms with Crippen LogP contribution in [0.1, 0.15) is 87.4 Å². The molecular weight excluding hydrogens is 556 g/mol. The molecule has 0 saturated heterocycles. The number of carbonyl (C=O) groups is 4. The summed E-state index contributed by atoms with van der Waals surface area (Å²) in [6.45, 7) is 18.1. The second-order valence-electron chi connectivity index (χ2n) is 13.8. The summed E-state index contributed by atoms with van der Waals surface area (Å²) in [5.74, 6) is -0.914. The highest BCUT2D eigenvalue weighted by Gasteiger charge is 2.42. The molecule has 43 heavy (non-hydrogen) atoms. The molecule has 0 spiro atoms. The van der Waals surface area contributed by atoms with Crippen molar-refractivity contribution in [3.63, 3.8) is 0 Å². The van der Waals surface area contributed by atoms with Gasteiger partial charge in [-0.3, -0.25) is 0 Å². The highest BCUT2D eigenvalue weighted by atomic mass is 16.6. The third-order valence-corrected chi connectivity index (χ3v) is 5.61. The summed E-state index contributed by atoms with van der Waals surface area (Å²) < 4.78 is 23.1. The van der Waals surface area contributed by atoms with Gasteiger partial charge in [0.25, 0.3) is 0 Å². The lowest BCUT2D eigenvalue weighted by atomic mass is 10.00. The van der Waals surface area contributed by atoms with Crippen molar-refractivity contribution in [1.82, 2.24) is 9.47 Å². The third kappa shape index (κ3) is 10.1. The minimum atomic E-state index is -1.55. The molecule has 1 N–H and O–H groups in total.